The second-order valence-corrected chi connectivity index (χ2v) is 10.9. The van der Waals surface area contributed by atoms with Crippen LogP contribution in [0.1, 0.15) is 81.1 Å². The van der Waals surface area contributed by atoms with Crippen LogP contribution in [-0.2, 0) is 9.47 Å². The Labute approximate surface area is 173 Å². The maximum absolute atomic E-state index is 12.1. The van der Waals surface area contributed by atoms with E-state index in [4.69, 9.17) is 9.47 Å². The number of amides is 1. The van der Waals surface area contributed by atoms with Gasteiger partial charge in [0.25, 0.3) is 0 Å². The Morgan fingerprint density at radius 3 is 1.96 bits per heavy atom. The molecule has 0 radical (unpaired) electrons. The van der Waals surface area contributed by atoms with E-state index in [0.717, 1.165) is 38.8 Å². The number of alkyl carbamates (subject to hydrolysis) is 1. The van der Waals surface area contributed by atoms with Gasteiger partial charge in [-0.3, -0.25) is 4.90 Å². The topological polar surface area (TPSA) is 62.8 Å². The van der Waals surface area contributed by atoms with E-state index in [1.807, 2.05) is 41.7 Å². The van der Waals surface area contributed by atoms with Crippen molar-refractivity contribution in [1.82, 2.24) is 15.5 Å². The highest BCUT2D eigenvalue weighted by Gasteiger charge is 2.39. The van der Waals surface area contributed by atoms with Gasteiger partial charge in [-0.25, -0.2) is 4.79 Å². The molecular weight excluding hydrogens is 354 g/mol. The predicted molar refractivity (Wildman–Crippen MR) is 116 cm³/mol. The van der Waals surface area contributed by atoms with Crippen LogP contribution in [0, 0.1) is 0 Å². The molecule has 1 atom stereocenters. The van der Waals surface area contributed by atoms with E-state index in [0.29, 0.717) is 6.10 Å². The Balaban J connectivity index is 2.53. The fourth-order valence-corrected chi connectivity index (χ4v) is 3.41. The first-order valence-corrected chi connectivity index (χ1v) is 10.6. The largest absolute Gasteiger partial charge is 0.444 e. The quantitative estimate of drug-likeness (QED) is 0.583. The van der Waals surface area contributed by atoms with Crippen LogP contribution in [0.15, 0.2) is 0 Å². The van der Waals surface area contributed by atoms with Gasteiger partial charge in [-0.05, 0) is 88.1 Å². The number of hydrogen-bond donors (Lipinski definition) is 2. The zero-order chi connectivity index (χ0) is 21.8. The van der Waals surface area contributed by atoms with Crippen LogP contribution < -0.4 is 10.6 Å². The van der Waals surface area contributed by atoms with E-state index in [1.54, 1.807) is 7.11 Å². The van der Waals surface area contributed by atoms with E-state index in [1.165, 1.54) is 0 Å². The van der Waals surface area contributed by atoms with Crippen molar-refractivity contribution in [2.24, 2.45) is 0 Å². The average Bonchev–Trinajstić information content (AvgIpc) is 2.47. The first-order valence-electron chi connectivity index (χ1n) is 10.6. The zero-order valence-corrected chi connectivity index (χ0v) is 20.0. The van der Waals surface area contributed by atoms with Crippen LogP contribution in [0.2, 0.25) is 0 Å². The van der Waals surface area contributed by atoms with Crippen molar-refractivity contribution >= 4 is 6.09 Å². The third kappa shape index (κ3) is 8.26. The fraction of sp³-hybridized carbons (Fsp3) is 0.955. The first kappa shape index (κ1) is 25.2. The van der Waals surface area contributed by atoms with Crippen LogP contribution in [0.3, 0.4) is 0 Å². The third-order valence-corrected chi connectivity index (χ3v) is 6.05. The molecule has 6 nitrogen and oxygen atoms in total. The summed E-state index contributed by atoms with van der Waals surface area (Å²) in [6.45, 7) is 18.8. The highest BCUT2D eigenvalue weighted by Crippen LogP contribution is 2.32. The van der Waals surface area contributed by atoms with Gasteiger partial charge in [0.05, 0.1) is 6.10 Å². The van der Waals surface area contributed by atoms with Crippen LogP contribution in [0.5, 0.6) is 0 Å². The Bertz CT molecular complexity index is 508. The Morgan fingerprint density at radius 2 is 1.50 bits per heavy atom. The minimum absolute atomic E-state index is 0.00390. The second kappa shape index (κ2) is 9.31. The van der Waals surface area contributed by atoms with E-state index < -0.39 is 5.60 Å². The summed E-state index contributed by atoms with van der Waals surface area (Å²) in [6, 6.07) is 0. The lowest BCUT2D eigenvalue weighted by Gasteiger charge is -2.49. The summed E-state index contributed by atoms with van der Waals surface area (Å²) in [7, 11) is 3.82. The number of carbonyl (C=O) groups is 1. The molecule has 166 valence electrons. The molecule has 0 aromatic rings. The van der Waals surface area contributed by atoms with E-state index in [-0.39, 0.29) is 22.7 Å². The molecule has 1 amide bonds. The van der Waals surface area contributed by atoms with Crippen LogP contribution in [-0.4, -0.2) is 66.6 Å². The van der Waals surface area contributed by atoms with Gasteiger partial charge < -0.3 is 20.1 Å². The van der Waals surface area contributed by atoms with Crippen molar-refractivity contribution in [2.45, 2.75) is 109 Å². The average molecular weight is 400 g/mol. The Morgan fingerprint density at radius 1 is 0.964 bits per heavy atom. The number of hydrogen-bond acceptors (Lipinski definition) is 5. The Hall–Kier alpha value is -0.850. The molecule has 0 aromatic carbocycles. The Kier molecular flexibility index (Phi) is 8.37. The van der Waals surface area contributed by atoms with Crippen molar-refractivity contribution < 1.29 is 14.3 Å². The van der Waals surface area contributed by atoms with Gasteiger partial charge in [0.2, 0.25) is 0 Å². The van der Waals surface area contributed by atoms with Gasteiger partial charge in [0.15, 0.2) is 0 Å². The van der Waals surface area contributed by atoms with Gasteiger partial charge >= 0.3 is 6.09 Å². The summed E-state index contributed by atoms with van der Waals surface area (Å²) in [5.41, 5.74) is -0.640. The second-order valence-electron chi connectivity index (χ2n) is 10.9. The third-order valence-electron chi connectivity index (χ3n) is 6.05. The van der Waals surface area contributed by atoms with Crippen molar-refractivity contribution in [3.05, 3.63) is 0 Å². The predicted octanol–water partition coefficient (Wildman–Crippen LogP) is 3.94. The van der Waals surface area contributed by atoms with Crippen molar-refractivity contribution in [1.29, 1.82) is 0 Å². The summed E-state index contributed by atoms with van der Waals surface area (Å²) in [5.74, 6) is 0. The van der Waals surface area contributed by atoms with Gasteiger partial charge in [0.1, 0.15) is 5.60 Å². The monoisotopic (exact) mass is 399 g/mol. The van der Waals surface area contributed by atoms with Gasteiger partial charge in [-0.1, -0.05) is 0 Å². The number of carbonyl (C=O) groups excluding carboxylic acids is 1. The maximum Gasteiger partial charge on any atom is 0.408 e. The van der Waals surface area contributed by atoms with Crippen LogP contribution in [0.25, 0.3) is 0 Å². The SMILES string of the molecule is CNC(C)(CCC(C)(C)OC(=O)NC(C)(C)C)CCC(C)(C)N1CC(OC)C1. The zero-order valence-electron chi connectivity index (χ0n) is 20.0. The summed E-state index contributed by atoms with van der Waals surface area (Å²) in [6.07, 6.45) is 3.94. The lowest BCUT2D eigenvalue weighted by molar-refractivity contribution is -0.0797. The summed E-state index contributed by atoms with van der Waals surface area (Å²) >= 11 is 0. The normalized spacial score (nSPS) is 19.1. The number of likely N-dealkylation sites (tertiary alicyclic amines) is 1. The van der Waals surface area contributed by atoms with Gasteiger partial charge in [-0.15, -0.1) is 0 Å². The van der Waals surface area contributed by atoms with E-state index >= 15 is 0 Å². The molecule has 6 heteroatoms. The maximum atomic E-state index is 12.1. The molecule has 0 saturated carbocycles. The summed E-state index contributed by atoms with van der Waals surface area (Å²) in [4.78, 5) is 14.6. The summed E-state index contributed by atoms with van der Waals surface area (Å²) < 4.78 is 11.1. The number of rotatable bonds is 10. The van der Waals surface area contributed by atoms with Crippen molar-refractivity contribution in [3.63, 3.8) is 0 Å². The molecule has 0 aliphatic carbocycles. The molecule has 1 unspecified atom stereocenters. The molecule has 0 bridgehead atoms. The van der Waals surface area contributed by atoms with Gasteiger partial charge in [0, 0.05) is 36.8 Å². The number of methoxy groups -OCH3 is 1. The van der Waals surface area contributed by atoms with E-state index in [2.05, 4.69) is 36.3 Å². The molecule has 2 N–H and O–H groups in total. The molecule has 1 rings (SSSR count). The molecule has 28 heavy (non-hydrogen) atoms. The van der Waals surface area contributed by atoms with Gasteiger partial charge in [-0.2, -0.15) is 0 Å². The van der Waals surface area contributed by atoms with Crippen LogP contribution in [0.4, 0.5) is 4.79 Å². The summed E-state index contributed by atoms with van der Waals surface area (Å²) in [5, 5.41) is 6.38. The molecule has 1 aliphatic rings. The van der Waals surface area contributed by atoms with Crippen molar-refractivity contribution in [2.75, 3.05) is 27.2 Å². The minimum atomic E-state index is -0.508. The lowest BCUT2D eigenvalue weighted by Crippen LogP contribution is -2.61. The van der Waals surface area contributed by atoms with Crippen molar-refractivity contribution in [3.8, 4) is 0 Å². The standard InChI is InChI=1S/C22H45N3O3/c1-19(2,3)24-18(26)28-21(6,7)12-14-22(8,23-9)13-11-20(4,5)25-15-17(16-25)27-10/h17,23H,11-16H2,1-10H3,(H,24,26). The molecule has 0 aromatic heterocycles. The first-order chi connectivity index (χ1) is 12.6. The molecule has 0 spiro atoms. The molecular formula is C22H45N3O3. The number of nitrogens with zero attached hydrogens (tertiary/aromatic N) is 1. The fourth-order valence-electron chi connectivity index (χ4n) is 3.41. The highest BCUT2D eigenvalue weighted by molar-refractivity contribution is 5.68. The lowest BCUT2D eigenvalue weighted by atomic mass is 9.81. The number of nitrogens with one attached hydrogen (secondary N) is 2. The number of ether oxygens (including phenoxy) is 2. The smallest absolute Gasteiger partial charge is 0.408 e. The molecule has 1 heterocycles. The molecule has 1 aliphatic heterocycles. The molecule has 1 saturated heterocycles. The molecule has 1 fully saturated rings. The van der Waals surface area contributed by atoms with E-state index in [9.17, 15) is 4.79 Å². The van der Waals surface area contributed by atoms with Crippen LogP contribution >= 0.6 is 0 Å². The minimum Gasteiger partial charge on any atom is -0.444 e. The highest BCUT2D eigenvalue weighted by atomic mass is 16.6.